The van der Waals surface area contributed by atoms with Gasteiger partial charge in [-0.25, -0.2) is 4.98 Å². The zero-order chi connectivity index (χ0) is 39.1. The van der Waals surface area contributed by atoms with Gasteiger partial charge in [0.05, 0.1) is 11.2 Å². The topological polar surface area (TPSA) is 63.6 Å². The molecule has 1 N–H and O–H groups in total. The van der Waals surface area contributed by atoms with E-state index < -0.39 is 5.66 Å². The molecule has 1 atom stereocenters. The van der Waals surface area contributed by atoms with Crippen LogP contribution in [0.1, 0.15) is 36.5 Å². The Morgan fingerprint density at radius 2 is 1.31 bits per heavy atom. The molecule has 2 aliphatic rings. The summed E-state index contributed by atoms with van der Waals surface area (Å²) in [5.41, 5.74) is 12.8. The summed E-state index contributed by atoms with van der Waals surface area (Å²) in [4.78, 5) is 10.8. The molecule has 0 bridgehead atoms. The standard InChI is InChI=1S/C54H37N3O2/c1-54(39-27-25-34(26-28-39)51-53-50(43-20-8-10-24-49(43)59-53)44-30-35-15-5-6-16-36(35)31-47(44)55-51)56-45(33-13-3-2-4-14-33)32-46(57-54)38-18-11-17-37(29-38)40-21-12-22-42-41-19-7-9-23-48(41)58-52(40)42/h2-7,9,11-32,56H,8,10H2,1H3. The van der Waals surface area contributed by atoms with Gasteiger partial charge in [-0.2, -0.15) is 0 Å². The molecule has 1 unspecified atom stereocenters. The average Bonchev–Trinajstić information content (AvgIpc) is 3.88. The monoisotopic (exact) mass is 759 g/mol. The maximum Gasteiger partial charge on any atom is 0.162 e. The van der Waals surface area contributed by atoms with Crippen molar-refractivity contribution in [3.05, 3.63) is 191 Å². The molecular weight excluding hydrogens is 723 g/mol. The lowest BCUT2D eigenvalue weighted by atomic mass is 9.93. The minimum absolute atomic E-state index is 0.777. The molecular formula is C54H37N3O2. The van der Waals surface area contributed by atoms with Gasteiger partial charge in [0, 0.05) is 49.2 Å². The van der Waals surface area contributed by atoms with Gasteiger partial charge >= 0.3 is 0 Å². The maximum absolute atomic E-state index is 6.67. The summed E-state index contributed by atoms with van der Waals surface area (Å²) in [5.74, 6) is 0. The minimum Gasteiger partial charge on any atom is -0.455 e. The molecule has 5 heteroatoms. The number of rotatable bonds is 5. The molecule has 0 saturated heterocycles. The van der Waals surface area contributed by atoms with Gasteiger partial charge in [-0.3, -0.25) is 4.99 Å². The number of nitrogens with zero attached hydrogens (tertiary/aromatic N) is 2. The van der Waals surface area contributed by atoms with E-state index in [1.165, 1.54) is 16.0 Å². The molecule has 0 fully saturated rings. The van der Waals surface area contributed by atoms with Crippen LogP contribution in [-0.2, 0) is 5.66 Å². The van der Waals surface area contributed by atoms with Gasteiger partial charge in [0.1, 0.15) is 22.3 Å². The van der Waals surface area contributed by atoms with Crippen molar-refractivity contribution in [2.45, 2.75) is 25.4 Å². The van der Waals surface area contributed by atoms with Gasteiger partial charge in [0.15, 0.2) is 11.2 Å². The summed E-state index contributed by atoms with van der Waals surface area (Å²) >= 11 is 0. The third kappa shape index (κ3) is 5.46. The number of hydrogen-bond donors (Lipinski definition) is 1. The molecule has 7 aromatic carbocycles. The Morgan fingerprint density at radius 1 is 0.576 bits per heavy atom. The number of furan rings is 2. The molecule has 0 radical (unpaired) electrons. The van der Waals surface area contributed by atoms with E-state index in [1.807, 2.05) is 18.2 Å². The quantitative estimate of drug-likeness (QED) is 0.178. The number of nitrogens with one attached hydrogen (secondary N) is 1. The van der Waals surface area contributed by atoms with Crippen LogP contribution in [0, 0.1) is 0 Å². The molecule has 4 heterocycles. The van der Waals surface area contributed by atoms with E-state index >= 15 is 0 Å². The summed E-state index contributed by atoms with van der Waals surface area (Å²) in [7, 11) is 0. The van der Waals surface area contributed by atoms with E-state index in [-0.39, 0.29) is 0 Å². The van der Waals surface area contributed by atoms with Crippen LogP contribution >= 0.6 is 0 Å². The van der Waals surface area contributed by atoms with Crippen molar-refractivity contribution in [1.29, 1.82) is 0 Å². The van der Waals surface area contributed by atoms with Crippen LogP contribution in [0.5, 0.6) is 0 Å². The number of aliphatic imine (C=N–C) groups is 1. The van der Waals surface area contributed by atoms with Crippen molar-refractivity contribution in [3.63, 3.8) is 0 Å². The van der Waals surface area contributed by atoms with E-state index in [0.717, 1.165) is 113 Å². The number of benzene rings is 7. The smallest absolute Gasteiger partial charge is 0.162 e. The van der Waals surface area contributed by atoms with Crippen LogP contribution in [0.4, 0.5) is 0 Å². The molecule has 0 saturated carbocycles. The van der Waals surface area contributed by atoms with Crippen LogP contribution in [0.25, 0.3) is 94.8 Å². The van der Waals surface area contributed by atoms with Crippen LogP contribution in [0.2, 0.25) is 0 Å². The van der Waals surface area contributed by atoms with E-state index in [4.69, 9.17) is 18.8 Å². The summed E-state index contributed by atoms with van der Waals surface area (Å²) < 4.78 is 13.1. The fourth-order valence-corrected chi connectivity index (χ4v) is 9.15. The van der Waals surface area contributed by atoms with Crippen molar-refractivity contribution in [1.82, 2.24) is 10.3 Å². The molecule has 10 aromatic rings. The second-order valence-electron chi connectivity index (χ2n) is 15.8. The minimum atomic E-state index is -0.777. The largest absolute Gasteiger partial charge is 0.455 e. The molecule has 0 amide bonds. The predicted molar refractivity (Wildman–Crippen MR) is 242 cm³/mol. The lowest BCUT2D eigenvalue weighted by molar-refractivity contribution is 0.447. The predicted octanol–water partition coefficient (Wildman–Crippen LogP) is 12.0. The van der Waals surface area contributed by atoms with Gasteiger partial charge < -0.3 is 14.2 Å². The van der Waals surface area contributed by atoms with Gasteiger partial charge in [0.25, 0.3) is 0 Å². The van der Waals surface area contributed by atoms with Crippen LogP contribution in [-0.4, -0.2) is 10.7 Å². The van der Waals surface area contributed by atoms with Crippen molar-refractivity contribution in [2.24, 2.45) is 4.99 Å². The Morgan fingerprint density at radius 3 is 2.19 bits per heavy atom. The number of pyridine rings is 1. The van der Waals surface area contributed by atoms with Gasteiger partial charge in [-0.15, -0.1) is 0 Å². The Hall–Kier alpha value is -7.50. The molecule has 12 rings (SSSR count). The van der Waals surface area contributed by atoms with Crippen molar-refractivity contribution < 1.29 is 8.83 Å². The first-order chi connectivity index (χ1) is 29.1. The molecule has 0 spiro atoms. The highest BCUT2D eigenvalue weighted by Crippen LogP contribution is 2.39. The Labute approximate surface area is 340 Å². The Balaban J connectivity index is 0.980. The highest BCUT2D eigenvalue weighted by Gasteiger charge is 2.31. The third-order valence-corrected chi connectivity index (χ3v) is 12.1. The number of allylic oxidation sites excluding steroid dienone is 1. The molecule has 5 nitrogen and oxygen atoms in total. The van der Waals surface area contributed by atoms with Crippen molar-refractivity contribution >= 4 is 78.1 Å². The number of aromatic nitrogens is 1. The maximum atomic E-state index is 6.67. The van der Waals surface area contributed by atoms with Crippen molar-refractivity contribution in [2.75, 3.05) is 0 Å². The summed E-state index contributed by atoms with van der Waals surface area (Å²) in [6.07, 6.45) is 8.67. The van der Waals surface area contributed by atoms with Crippen LogP contribution in [0.3, 0.4) is 0 Å². The second-order valence-corrected chi connectivity index (χ2v) is 15.8. The van der Waals surface area contributed by atoms with E-state index in [0.29, 0.717) is 0 Å². The van der Waals surface area contributed by atoms with Gasteiger partial charge in [-0.05, 0) is 83.6 Å². The van der Waals surface area contributed by atoms with Gasteiger partial charge in [0.2, 0.25) is 0 Å². The number of fused-ring (bicyclic) bond motifs is 9. The zero-order valence-corrected chi connectivity index (χ0v) is 32.4. The fourth-order valence-electron chi connectivity index (χ4n) is 9.15. The first kappa shape index (κ1) is 33.6. The molecule has 1 aliphatic heterocycles. The SMILES string of the molecule is CC1(c2ccc(-c3nc4cc5ccccc5cc4c4c5c(oc34)=CCCC=5)cc2)N=C(c2cccc(-c3cccc4c3oc3ccccc34)c2)C=C(c2ccccc2)N1. The summed E-state index contributed by atoms with van der Waals surface area (Å²) in [6.45, 7) is 2.15. The van der Waals surface area contributed by atoms with Gasteiger partial charge in [-0.1, -0.05) is 140 Å². The second kappa shape index (κ2) is 13.0. The first-order valence-corrected chi connectivity index (χ1v) is 20.3. The van der Waals surface area contributed by atoms with Crippen LogP contribution in [0.15, 0.2) is 178 Å². The van der Waals surface area contributed by atoms with E-state index in [1.54, 1.807) is 0 Å². The molecule has 3 aromatic heterocycles. The zero-order valence-electron chi connectivity index (χ0n) is 32.4. The molecule has 1 aliphatic carbocycles. The van der Waals surface area contributed by atoms with E-state index in [9.17, 15) is 0 Å². The highest BCUT2D eigenvalue weighted by molar-refractivity contribution is 6.15. The Bertz CT molecular complexity index is 3540. The lowest BCUT2D eigenvalue weighted by Gasteiger charge is -2.34. The normalized spacial score (nSPS) is 16.4. The molecule has 59 heavy (non-hydrogen) atoms. The number of para-hydroxylation sites is 2. The van der Waals surface area contributed by atoms with Crippen LogP contribution < -0.4 is 16.0 Å². The summed E-state index contributed by atoms with van der Waals surface area (Å²) in [5, 5.41) is 11.9. The number of hydrogen-bond acceptors (Lipinski definition) is 5. The fraction of sp³-hybridized carbons (Fsp3) is 0.0741. The summed E-state index contributed by atoms with van der Waals surface area (Å²) in [6, 6.07) is 55.4. The highest BCUT2D eigenvalue weighted by atomic mass is 16.3. The third-order valence-electron chi connectivity index (χ3n) is 12.1. The van der Waals surface area contributed by atoms with Crippen molar-refractivity contribution in [3.8, 4) is 22.4 Å². The first-order valence-electron chi connectivity index (χ1n) is 20.3. The Kier molecular flexibility index (Phi) is 7.42. The molecule has 280 valence electrons. The van der Waals surface area contributed by atoms with E-state index in [2.05, 4.69) is 170 Å². The lowest BCUT2D eigenvalue weighted by Crippen LogP contribution is -2.40. The average molecular weight is 760 g/mol.